The molecular formula is C14H21NO2. The standard InChI is InChI=1S/C14H21NO2/c1-16-14(15-10-6-3-7-11-15)12-17-13-8-4-2-5-9-13/h2,4-5,8-9,14H,3,6-7,10-12H2,1H3. The Balaban J connectivity index is 1.82. The molecule has 3 nitrogen and oxygen atoms in total. The first kappa shape index (κ1) is 12.4. The Bertz CT molecular complexity index is 309. The largest absolute Gasteiger partial charge is 0.489 e. The van der Waals surface area contributed by atoms with Gasteiger partial charge in [-0.1, -0.05) is 24.6 Å². The lowest BCUT2D eigenvalue weighted by molar-refractivity contribution is -0.0652. The maximum Gasteiger partial charge on any atom is 0.144 e. The van der Waals surface area contributed by atoms with Crippen LogP contribution < -0.4 is 4.74 Å². The fourth-order valence-corrected chi connectivity index (χ4v) is 2.21. The number of nitrogens with zero attached hydrogens (tertiary/aromatic N) is 1. The molecular weight excluding hydrogens is 214 g/mol. The molecule has 0 N–H and O–H groups in total. The molecule has 1 aromatic rings. The van der Waals surface area contributed by atoms with E-state index < -0.39 is 0 Å². The second-order valence-electron chi connectivity index (χ2n) is 4.41. The average Bonchev–Trinajstić information content (AvgIpc) is 2.42. The van der Waals surface area contributed by atoms with Gasteiger partial charge in [-0.25, -0.2) is 0 Å². The fraction of sp³-hybridized carbons (Fsp3) is 0.571. The van der Waals surface area contributed by atoms with E-state index in [9.17, 15) is 0 Å². The summed E-state index contributed by atoms with van der Waals surface area (Å²) in [6, 6.07) is 9.91. The van der Waals surface area contributed by atoms with E-state index in [2.05, 4.69) is 4.90 Å². The molecule has 1 aromatic carbocycles. The van der Waals surface area contributed by atoms with Crippen LogP contribution in [0.15, 0.2) is 30.3 Å². The third-order valence-electron chi connectivity index (χ3n) is 3.21. The van der Waals surface area contributed by atoms with Gasteiger partial charge in [0.25, 0.3) is 0 Å². The van der Waals surface area contributed by atoms with Crippen LogP contribution in [0.25, 0.3) is 0 Å². The van der Waals surface area contributed by atoms with Crippen LogP contribution in [0.4, 0.5) is 0 Å². The van der Waals surface area contributed by atoms with Gasteiger partial charge in [-0.15, -0.1) is 0 Å². The van der Waals surface area contributed by atoms with Crippen LogP contribution in [-0.2, 0) is 4.74 Å². The molecule has 0 radical (unpaired) electrons. The maximum atomic E-state index is 5.75. The van der Waals surface area contributed by atoms with E-state index in [1.54, 1.807) is 7.11 Å². The smallest absolute Gasteiger partial charge is 0.144 e. The van der Waals surface area contributed by atoms with E-state index in [0.29, 0.717) is 6.61 Å². The summed E-state index contributed by atoms with van der Waals surface area (Å²) in [5.74, 6) is 0.909. The van der Waals surface area contributed by atoms with Crippen LogP contribution in [0.3, 0.4) is 0 Å². The number of hydrogen-bond acceptors (Lipinski definition) is 3. The first-order valence-corrected chi connectivity index (χ1v) is 6.35. The number of hydrogen-bond donors (Lipinski definition) is 0. The number of methoxy groups -OCH3 is 1. The van der Waals surface area contributed by atoms with Crippen LogP contribution >= 0.6 is 0 Å². The molecule has 0 amide bonds. The minimum atomic E-state index is 0.0792. The van der Waals surface area contributed by atoms with Crippen LogP contribution in [0.2, 0.25) is 0 Å². The minimum Gasteiger partial charge on any atom is -0.489 e. The summed E-state index contributed by atoms with van der Waals surface area (Å²) in [4.78, 5) is 2.37. The zero-order valence-electron chi connectivity index (χ0n) is 10.5. The highest BCUT2D eigenvalue weighted by Crippen LogP contribution is 2.15. The summed E-state index contributed by atoms with van der Waals surface area (Å²) in [7, 11) is 1.76. The fourth-order valence-electron chi connectivity index (χ4n) is 2.21. The van der Waals surface area contributed by atoms with Crippen molar-refractivity contribution in [2.75, 3.05) is 26.8 Å². The zero-order valence-corrected chi connectivity index (χ0v) is 10.5. The summed E-state index contributed by atoms with van der Waals surface area (Å²) >= 11 is 0. The number of benzene rings is 1. The Hall–Kier alpha value is -1.06. The van der Waals surface area contributed by atoms with E-state index in [1.807, 2.05) is 30.3 Å². The number of para-hydroxylation sites is 1. The molecule has 0 aromatic heterocycles. The summed E-state index contributed by atoms with van der Waals surface area (Å²) in [5.41, 5.74) is 0. The van der Waals surface area contributed by atoms with Gasteiger partial charge in [0, 0.05) is 20.2 Å². The lowest BCUT2D eigenvalue weighted by Gasteiger charge is -2.33. The van der Waals surface area contributed by atoms with Crippen LogP contribution in [0.1, 0.15) is 19.3 Å². The summed E-state index contributed by atoms with van der Waals surface area (Å²) in [6.45, 7) is 2.84. The molecule has 1 atom stereocenters. The monoisotopic (exact) mass is 235 g/mol. The Morgan fingerprint density at radius 2 is 1.82 bits per heavy atom. The number of likely N-dealkylation sites (tertiary alicyclic amines) is 1. The predicted molar refractivity (Wildman–Crippen MR) is 68.2 cm³/mol. The van der Waals surface area contributed by atoms with Crippen molar-refractivity contribution in [1.29, 1.82) is 0 Å². The first-order chi connectivity index (χ1) is 8.40. The Morgan fingerprint density at radius 1 is 1.12 bits per heavy atom. The molecule has 1 aliphatic heterocycles. The first-order valence-electron chi connectivity index (χ1n) is 6.35. The second kappa shape index (κ2) is 6.62. The normalized spacial score (nSPS) is 18.9. The van der Waals surface area contributed by atoms with E-state index in [-0.39, 0.29) is 6.23 Å². The van der Waals surface area contributed by atoms with E-state index in [0.717, 1.165) is 18.8 Å². The van der Waals surface area contributed by atoms with Gasteiger partial charge < -0.3 is 9.47 Å². The van der Waals surface area contributed by atoms with Crippen LogP contribution in [0, 0.1) is 0 Å². The summed E-state index contributed by atoms with van der Waals surface area (Å²) in [6.07, 6.45) is 3.96. The van der Waals surface area contributed by atoms with Crippen LogP contribution in [-0.4, -0.2) is 37.9 Å². The molecule has 1 saturated heterocycles. The summed E-state index contributed by atoms with van der Waals surface area (Å²) in [5, 5.41) is 0. The van der Waals surface area contributed by atoms with Gasteiger partial charge in [-0.2, -0.15) is 0 Å². The van der Waals surface area contributed by atoms with E-state index in [1.165, 1.54) is 19.3 Å². The van der Waals surface area contributed by atoms with Crippen molar-refractivity contribution in [2.45, 2.75) is 25.5 Å². The molecule has 2 rings (SSSR count). The van der Waals surface area contributed by atoms with Crippen LogP contribution in [0.5, 0.6) is 5.75 Å². The van der Waals surface area contributed by atoms with Crippen molar-refractivity contribution in [3.8, 4) is 5.75 Å². The molecule has 94 valence electrons. The van der Waals surface area contributed by atoms with Crippen molar-refractivity contribution in [2.24, 2.45) is 0 Å². The molecule has 0 aliphatic carbocycles. The second-order valence-corrected chi connectivity index (χ2v) is 4.41. The molecule has 3 heteroatoms. The van der Waals surface area contributed by atoms with Gasteiger partial charge in [-0.3, -0.25) is 4.90 Å². The quantitative estimate of drug-likeness (QED) is 0.782. The molecule has 1 unspecified atom stereocenters. The lowest BCUT2D eigenvalue weighted by atomic mass is 10.1. The van der Waals surface area contributed by atoms with Crippen molar-refractivity contribution in [3.63, 3.8) is 0 Å². The van der Waals surface area contributed by atoms with E-state index >= 15 is 0 Å². The van der Waals surface area contributed by atoms with Gasteiger partial charge in [0.05, 0.1) is 0 Å². The number of rotatable bonds is 5. The average molecular weight is 235 g/mol. The predicted octanol–water partition coefficient (Wildman–Crippen LogP) is 2.52. The number of ether oxygens (including phenoxy) is 2. The number of piperidine rings is 1. The highest BCUT2D eigenvalue weighted by Gasteiger charge is 2.20. The topological polar surface area (TPSA) is 21.7 Å². The minimum absolute atomic E-state index is 0.0792. The Morgan fingerprint density at radius 3 is 2.47 bits per heavy atom. The maximum absolute atomic E-state index is 5.75. The van der Waals surface area contributed by atoms with Gasteiger partial charge in [0.2, 0.25) is 0 Å². The van der Waals surface area contributed by atoms with Gasteiger partial charge in [0.1, 0.15) is 18.6 Å². The Kier molecular flexibility index (Phi) is 4.83. The zero-order chi connectivity index (χ0) is 11.9. The van der Waals surface area contributed by atoms with Gasteiger partial charge >= 0.3 is 0 Å². The Labute approximate surface area is 103 Å². The third kappa shape index (κ3) is 3.72. The third-order valence-corrected chi connectivity index (χ3v) is 3.21. The van der Waals surface area contributed by atoms with Crippen molar-refractivity contribution in [1.82, 2.24) is 4.90 Å². The molecule has 17 heavy (non-hydrogen) atoms. The highest BCUT2D eigenvalue weighted by molar-refractivity contribution is 5.20. The van der Waals surface area contributed by atoms with Gasteiger partial charge in [-0.05, 0) is 25.0 Å². The highest BCUT2D eigenvalue weighted by atomic mass is 16.5. The van der Waals surface area contributed by atoms with E-state index in [4.69, 9.17) is 9.47 Å². The molecule has 0 saturated carbocycles. The van der Waals surface area contributed by atoms with Crippen molar-refractivity contribution in [3.05, 3.63) is 30.3 Å². The van der Waals surface area contributed by atoms with Gasteiger partial charge in [0.15, 0.2) is 0 Å². The lowest BCUT2D eigenvalue weighted by Crippen LogP contribution is -2.43. The molecule has 1 fully saturated rings. The van der Waals surface area contributed by atoms with Crippen molar-refractivity contribution >= 4 is 0 Å². The summed E-state index contributed by atoms with van der Waals surface area (Å²) < 4.78 is 11.3. The molecule has 0 bridgehead atoms. The molecule has 0 spiro atoms. The van der Waals surface area contributed by atoms with Crippen molar-refractivity contribution < 1.29 is 9.47 Å². The molecule has 1 aliphatic rings. The SMILES string of the molecule is COC(COc1ccccc1)N1CCCCC1. The molecule has 1 heterocycles.